The SMILES string of the molecule is CNCc1ccc(N(C)c2cc(C)cc(C)c2)c(F)c1. The number of nitrogens with one attached hydrogen (secondary N) is 1. The summed E-state index contributed by atoms with van der Waals surface area (Å²) in [7, 11) is 3.75. The van der Waals surface area contributed by atoms with E-state index in [1.54, 1.807) is 6.07 Å². The Kier molecular flexibility index (Phi) is 4.40. The quantitative estimate of drug-likeness (QED) is 0.907. The second-order valence-electron chi connectivity index (χ2n) is 5.22. The van der Waals surface area contributed by atoms with Gasteiger partial charge in [0.1, 0.15) is 5.82 Å². The number of hydrogen-bond donors (Lipinski definition) is 1. The molecule has 0 spiro atoms. The minimum atomic E-state index is -0.195. The van der Waals surface area contributed by atoms with Gasteiger partial charge in [-0.2, -0.15) is 0 Å². The van der Waals surface area contributed by atoms with Gasteiger partial charge in [0.05, 0.1) is 5.69 Å². The Morgan fingerprint density at radius 1 is 1.05 bits per heavy atom. The number of aryl methyl sites for hydroxylation is 2. The molecular formula is C17H21FN2. The lowest BCUT2D eigenvalue weighted by atomic mass is 10.1. The second kappa shape index (κ2) is 6.06. The van der Waals surface area contributed by atoms with Crippen LogP contribution in [0.2, 0.25) is 0 Å². The lowest BCUT2D eigenvalue weighted by Crippen LogP contribution is -2.12. The van der Waals surface area contributed by atoms with Gasteiger partial charge in [0.15, 0.2) is 0 Å². The fourth-order valence-electron chi connectivity index (χ4n) is 2.42. The summed E-state index contributed by atoms with van der Waals surface area (Å²) in [4.78, 5) is 1.89. The molecule has 3 heteroatoms. The van der Waals surface area contributed by atoms with Crippen LogP contribution < -0.4 is 10.2 Å². The topological polar surface area (TPSA) is 15.3 Å². The predicted octanol–water partition coefficient (Wildman–Crippen LogP) is 3.93. The first kappa shape index (κ1) is 14.5. The summed E-state index contributed by atoms with van der Waals surface area (Å²) >= 11 is 0. The molecule has 2 rings (SSSR count). The predicted molar refractivity (Wildman–Crippen MR) is 83.1 cm³/mol. The van der Waals surface area contributed by atoms with Crippen molar-refractivity contribution in [1.29, 1.82) is 0 Å². The number of anilines is 2. The lowest BCUT2D eigenvalue weighted by molar-refractivity contribution is 0.623. The minimum Gasteiger partial charge on any atom is -0.342 e. The Balaban J connectivity index is 2.35. The maximum absolute atomic E-state index is 14.2. The van der Waals surface area contributed by atoms with Gasteiger partial charge in [-0.3, -0.25) is 0 Å². The lowest BCUT2D eigenvalue weighted by Gasteiger charge is -2.21. The zero-order valence-corrected chi connectivity index (χ0v) is 12.5. The normalized spacial score (nSPS) is 10.7. The average molecular weight is 272 g/mol. The molecule has 0 saturated carbocycles. The Hall–Kier alpha value is -1.87. The van der Waals surface area contributed by atoms with Crippen molar-refractivity contribution in [1.82, 2.24) is 5.32 Å². The van der Waals surface area contributed by atoms with Crippen molar-refractivity contribution in [3.05, 3.63) is 58.9 Å². The third kappa shape index (κ3) is 3.17. The summed E-state index contributed by atoms with van der Waals surface area (Å²) in [6, 6.07) is 11.6. The van der Waals surface area contributed by atoms with Crippen LogP contribution in [0.15, 0.2) is 36.4 Å². The molecule has 0 heterocycles. The van der Waals surface area contributed by atoms with Gasteiger partial charge in [-0.05, 0) is 61.9 Å². The van der Waals surface area contributed by atoms with E-state index in [1.807, 2.05) is 31.1 Å². The largest absolute Gasteiger partial charge is 0.342 e. The summed E-state index contributed by atoms with van der Waals surface area (Å²) in [5.41, 5.74) is 4.90. The average Bonchev–Trinajstić information content (AvgIpc) is 2.37. The van der Waals surface area contributed by atoms with Crippen LogP contribution in [0.25, 0.3) is 0 Å². The van der Waals surface area contributed by atoms with Crippen molar-refractivity contribution in [2.24, 2.45) is 0 Å². The van der Waals surface area contributed by atoms with Crippen molar-refractivity contribution in [2.45, 2.75) is 20.4 Å². The molecule has 0 radical (unpaired) electrons. The Labute approximate surface area is 120 Å². The van der Waals surface area contributed by atoms with Crippen LogP contribution in [-0.2, 0) is 6.54 Å². The first-order valence-electron chi connectivity index (χ1n) is 6.76. The fourth-order valence-corrected chi connectivity index (χ4v) is 2.42. The highest BCUT2D eigenvalue weighted by Crippen LogP contribution is 2.28. The third-order valence-corrected chi connectivity index (χ3v) is 3.35. The maximum atomic E-state index is 14.2. The molecule has 106 valence electrons. The van der Waals surface area contributed by atoms with Gasteiger partial charge in [-0.15, -0.1) is 0 Å². The molecule has 2 aromatic carbocycles. The summed E-state index contributed by atoms with van der Waals surface area (Å²) in [5.74, 6) is -0.195. The summed E-state index contributed by atoms with van der Waals surface area (Å²) in [6.45, 7) is 4.78. The van der Waals surface area contributed by atoms with E-state index in [0.717, 1.165) is 11.3 Å². The summed E-state index contributed by atoms with van der Waals surface area (Å²) in [6.07, 6.45) is 0. The molecule has 0 aliphatic heterocycles. The van der Waals surface area contributed by atoms with Crippen LogP contribution in [-0.4, -0.2) is 14.1 Å². The van der Waals surface area contributed by atoms with E-state index < -0.39 is 0 Å². The van der Waals surface area contributed by atoms with Crippen molar-refractivity contribution >= 4 is 11.4 Å². The van der Waals surface area contributed by atoms with Gasteiger partial charge >= 0.3 is 0 Å². The molecule has 2 nitrogen and oxygen atoms in total. The van der Waals surface area contributed by atoms with Crippen LogP contribution in [0, 0.1) is 19.7 Å². The molecule has 0 amide bonds. The van der Waals surface area contributed by atoms with Gasteiger partial charge in [0, 0.05) is 19.3 Å². The van der Waals surface area contributed by atoms with Crippen molar-refractivity contribution < 1.29 is 4.39 Å². The molecule has 0 aliphatic carbocycles. The fraction of sp³-hybridized carbons (Fsp3) is 0.294. The van der Waals surface area contributed by atoms with Crippen molar-refractivity contribution in [3.8, 4) is 0 Å². The van der Waals surface area contributed by atoms with E-state index in [2.05, 4.69) is 37.4 Å². The highest BCUT2D eigenvalue weighted by Gasteiger charge is 2.10. The number of benzene rings is 2. The van der Waals surface area contributed by atoms with Crippen LogP contribution >= 0.6 is 0 Å². The third-order valence-electron chi connectivity index (χ3n) is 3.35. The first-order chi connectivity index (χ1) is 9.51. The first-order valence-corrected chi connectivity index (χ1v) is 6.76. The van der Waals surface area contributed by atoms with Crippen molar-refractivity contribution in [2.75, 3.05) is 19.0 Å². The number of halogens is 1. The molecule has 0 aliphatic rings. The number of hydrogen-bond acceptors (Lipinski definition) is 2. The molecule has 20 heavy (non-hydrogen) atoms. The molecule has 0 unspecified atom stereocenters. The number of rotatable bonds is 4. The summed E-state index contributed by atoms with van der Waals surface area (Å²) < 4.78 is 14.2. The summed E-state index contributed by atoms with van der Waals surface area (Å²) in [5, 5.41) is 3.03. The molecule has 1 N–H and O–H groups in total. The minimum absolute atomic E-state index is 0.195. The van der Waals surface area contributed by atoms with Gasteiger partial charge in [-0.1, -0.05) is 12.1 Å². The van der Waals surface area contributed by atoms with E-state index in [-0.39, 0.29) is 5.82 Å². The molecule has 0 bridgehead atoms. The molecule has 0 saturated heterocycles. The van der Waals surface area contributed by atoms with Crippen LogP contribution in [0.4, 0.5) is 15.8 Å². The molecule has 0 fully saturated rings. The van der Waals surface area contributed by atoms with Crippen LogP contribution in [0.5, 0.6) is 0 Å². The monoisotopic (exact) mass is 272 g/mol. The molecular weight excluding hydrogens is 251 g/mol. The molecule has 0 atom stereocenters. The van der Waals surface area contributed by atoms with Gasteiger partial charge in [0.25, 0.3) is 0 Å². The smallest absolute Gasteiger partial charge is 0.147 e. The molecule has 2 aromatic rings. The highest BCUT2D eigenvalue weighted by molar-refractivity contribution is 5.64. The van der Waals surface area contributed by atoms with E-state index in [4.69, 9.17) is 0 Å². The Bertz CT molecular complexity index is 588. The van der Waals surface area contributed by atoms with E-state index in [0.29, 0.717) is 12.2 Å². The van der Waals surface area contributed by atoms with Crippen LogP contribution in [0.3, 0.4) is 0 Å². The van der Waals surface area contributed by atoms with E-state index in [9.17, 15) is 4.39 Å². The van der Waals surface area contributed by atoms with Crippen molar-refractivity contribution in [3.63, 3.8) is 0 Å². The second-order valence-corrected chi connectivity index (χ2v) is 5.22. The number of nitrogens with zero attached hydrogens (tertiary/aromatic N) is 1. The van der Waals surface area contributed by atoms with E-state index in [1.165, 1.54) is 11.1 Å². The Morgan fingerprint density at radius 2 is 1.70 bits per heavy atom. The van der Waals surface area contributed by atoms with Gasteiger partial charge in [-0.25, -0.2) is 4.39 Å². The maximum Gasteiger partial charge on any atom is 0.147 e. The zero-order chi connectivity index (χ0) is 14.7. The Morgan fingerprint density at radius 3 is 2.25 bits per heavy atom. The highest BCUT2D eigenvalue weighted by atomic mass is 19.1. The van der Waals surface area contributed by atoms with Gasteiger partial charge < -0.3 is 10.2 Å². The van der Waals surface area contributed by atoms with Gasteiger partial charge in [0.2, 0.25) is 0 Å². The standard InChI is InChI=1S/C17H21FN2/c1-12-7-13(2)9-15(8-12)20(4)17-6-5-14(11-19-3)10-16(17)18/h5-10,19H,11H2,1-4H3. The zero-order valence-electron chi connectivity index (χ0n) is 12.5. The van der Waals surface area contributed by atoms with E-state index >= 15 is 0 Å². The van der Waals surface area contributed by atoms with Crippen LogP contribution in [0.1, 0.15) is 16.7 Å². The molecule has 0 aromatic heterocycles.